The van der Waals surface area contributed by atoms with Crippen molar-refractivity contribution in [3.8, 4) is 0 Å². The lowest BCUT2D eigenvalue weighted by molar-refractivity contribution is -0.352. The van der Waals surface area contributed by atoms with E-state index in [2.05, 4.69) is 72.0 Å². The van der Waals surface area contributed by atoms with E-state index in [1.54, 1.807) is 0 Å². The van der Waals surface area contributed by atoms with Crippen LogP contribution >= 0.6 is 0 Å². The summed E-state index contributed by atoms with van der Waals surface area (Å²) in [6, 6.07) is 20.4. The lowest BCUT2D eigenvalue weighted by atomic mass is 9.71. The molecule has 7 nitrogen and oxygen atoms in total. The van der Waals surface area contributed by atoms with Gasteiger partial charge in [0, 0.05) is 19.3 Å². The zero-order valence-electron chi connectivity index (χ0n) is 27.8. The molecular formula is C36H52O7Si. The summed E-state index contributed by atoms with van der Waals surface area (Å²) in [5.41, 5.74) is -0.219. The fraction of sp³-hybridized carbons (Fsp3) is 0.639. The van der Waals surface area contributed by atoms with Gasteiger partial charge in [0.15, 0.2) is 14.6 Å². The molecule has 3 aliphatic rings. The lowest BCUT2D eigenvalue weighted by Crippen LogP contribution is -2.72. The Morgan fingerprint density at radius 2 is 1.48 bits per heavy atom. The summed E-state index contributed by atoms with van der Waals surface area (Å²) in [4.78, 5) is 12.6. The molecule has 0 unspecified atom stereocenters. The number of rotatable bonds is 10. The molecule has 242 valence electrons. The number of aldehydes is 1. The molecule has 0 aromatic heterocycles. The first-order valence-corrected chi connectivity index (χ1v) is 19.0. The highest BCUT2D eigenvalue weighted by Crippen LogP contribution is 2.52. The van der Waals surface area contributed by atoms with Gasteiger partial charge in [-0.2, -0.15) is 0 Å². The van der Waals surface area contributed by atoms with Crippen LogP contribution in [-0.4, -0.2) is 68.5 Å². The standard InChI is InChI=1S/C36H52O7Si/c1-33(2,3)44(7,8)42-32-20-31-35(5,43-36(32,6)25-37)24-34(4)30(40-31)19-28(39-22-27-17-13-10-14-18-27)29(41-34)23-38-21-26-15-11-9-12-16-26/h9-18,25,28-32H,19-24H2,1-8H3/t28-,29+,30+,31-,32+,34-,35+,36-/m1/s1. The van der Waals surface area contributed by atoms with E-state index in [1.807, 2.05) is 43.3 Å². The fourth-order valence-corrected chi connectivity index (χ4v) is 8.17. The van der Waals surface area contributed by atoms with Crippen molar-refractivity contribution in [2.75, 3.05) is 6.61 Å². The number of ether oxygens (including phenoxy) is 5. The highest BCUT2D eigenvalue weighted by Gasteiger charge is 2.63. The largest absolute Gasteiger partial charge is 0.410 e. The van der Waals surface area contributed by atoms with Crippen LogP contribution in [0.2, 0.25) is 18.1 Å². The SMILES string of the molecule is CC(C)(C)[Si](C)(C)O[C@H]1C[C@H]2O[C@H]3C[C@@H](OCc4ccccc4)[C@H](COCc4ccccc4)O[C@]3(C)C[C@]2(C)O[C@]1(C)C=O. The van der Waals surface area contributed by atoms with Crippen LogP contribution in [0.4, 0.5) is 0 Å². The summed E-state index contributed by atoms with van der Waals surface area (Å²) in [6.45, 7) is 18.5. The molecule has 3 fully saturated rings. The molecule has 3 aliphatic heterocycles. The van der Waals surface area contributed by atoms with E-state index in [0.717, 1.165) is 17.4 Å². The Hall–Kier alpha value is -1.91. The fourth-order valence-electron chi connectivity index (χ4n) is 6.78. The van der Waals surface area contributed by atoms with Gasteiger partial charge in [-0.1, -0.05) is 81.4 Å². The van der Waals surface area contributed by atoms with E-state index in [1.165, 1.54) is 0 Å². The second-order valence-electron chi connectivity index (χ2n) is 15.1. The van der Waals surface area contributed by atoms with Crippen LogP contribution in [0, 0.1) is 0 Å². The molecule has 44 heavy (non-hydrogen) atoms. The first kappa shape index (κ1) is 33.5. The van der Waals surface area contributed by atoms with Gasteiger partial charge in [0.05, 0.1) is 55.4 Å². The zero-order valence-corrected chi connectivity index (χ0v) is 28.8. The minimum absolute atomic E-state index is 0.00164. The van der Waals surface area contributed by atoms with E-state index in [-0.39, 0.29) is 29.5 Å². The van der Waals surface area contributed by atoms with E-state index < -0.39 is 31.2 Å². The molecule has 0 spiro atoms. The van der Waals surface area contributed by atoms with Crippen molar-refractivity contribution in [3.63, 3.8) is 0 Å². The number of hydrogen-bond acceptors (Lipinski definition) is 7. The molecule has 0 saturated carbocycles. The Morgan fingerprint density at radius 1 is 0.886 bits per heavy atom. The van der Waals surface area contributed by atoms with Crippen LogP contribution in [-0.2, 0) is 46.1 Å². The van der Waals surface area contributed by atoms with Crippen molar-refractivity contribution >= 4 is 14.6 Å². The molecule has 8 heteroatoms. The van der Waals surface area contributed by atoms with Crippen molar-refractivity contribution < 1.29 is 32.9 Å². The quantitative estimate of drug-likeness (QED) is 0.208. The molecule has 5 rings (SSSR count). The predicted octanol–water partition coefficient (Wildman–Crippen LogP) is 7.02. The third-order valence-corrected chi connectivity index (χ3v) is 14.9. The Labute approximate surface area is 265 Å². The van der Waals surface area contributed by atoms with Crippen LogP contribution in [0.15, 0.2) is 60.7 Å². The summed E-state index contributed by atoms with van der Waals surface area (Å²) in [7, 11) is -2.18. The van der Waals surface area contributed by atoms with E-state index in [9.17, 15) is 4.79 Å². The maximum absolute atomic E-state index is 12.6. The molecule has 8 atom stereocenters. The highest BCUT2D eigenvalue weighted by atomic mass is 28.4. The maximum atomic E-state index is 12.6. The van der Waals surface area contributed by atoms with Crippen molar-refractivity contribution in [2.24, 2.45) is 0 Å². The Balaban J connectivity index is 1.35. The van der Waals surface area contributed by atoms with E-state index >= 15 is 0 Å². The number of benzene rings is 2. The first-order chi connectivity index (χ1) is 20.7. The summed E-state index contributed by atoms with van der Waals surface area (Å²) < 4.78 is 40.2. The first-order valence-electron chi connectivity index (χ1n) is 16.1. The van der Waals surface area contributed by atoms with Crippen molar-refractivity contribution in [1.29, 1.82) is 0 Å². The lowest BCUT2D eigenvalue weighted by Gasteiger charge is -2.61. The zero-order chi connectivity index (χ0) is 31.8. The molecular weight excluding hydrogens is 572 g/mol. The predicted molar refractivity (Wildman–Crippen MR) is 173 cm³/mol. The number of carbonyl (C=O) groups is 1. The van der Waals surface area contributed by atoms with Crippen LogP contribution in [0.5, 0.6) is 0 Å². The number of carbonyl (C=O) groups excluding carboxylic acids is 1. The highest BCUT2D eigenvalue weighted by molar-refractivity contribution is 6.74. The molecule has 2 aromatic carbocycles. The molecule has 0 aliphatic carbocycles. The van der Waals surface area contributed by atoms with Gasteiger partial charge in [-0.05, 0) is 50.0 Å². The molecule has 0 bridgehead atoms. The Bertz CT molecular complexity index is 1250. The minimum Gasteiger partial charge on any atom is -0.410 e. The number of hydrogen-bond donors (Lipinski definition) is 0. The molecule has 3 saturated heterocycles. The Kier molecular flexibility index (Phi) is 9.66. The van der Waals surface area contributed by atoms with Gasteiger partial charge >= 0.3 is 0 Å². The minimum atomic E-state index is -2.18. The van der Waals surface area contributed by atoms with Crippen LogP contribution in [0.3, 0.4) is 0 Å². The molecule has 0 N–H and O–H groups in total. The van der Waals surface area contributed by atoms with Gasteiger partial charge in [0.2, 0.25) is 0 Å². The summed E-state index contributed by atoms with van der Waals surface area (Å²) in [5, 5.41) is 0.00164. The topological polar surface area (TPSA) is 72.5 Å². The van der Waals surface area contributed by atoms with E-state index in [0.29, 0.717) is 39.1 Å². The maximum Gasteiger partial charge on any atom is 0.192 e. The monoisotopic (exact) mass is 624 g/mol. The van der Waals surface area contributed by atoms with Crippen molar-refractivity contribution in [2.45, 2.75) is 139 Å². The molecule has 0 amide bonds. The molecule has 0 radical (unpaired) electrons. The van der Waals surface area contributed by atoms with Crippen LogP contribution in [0.1, 0.15) is 71.9 Å². The van der Waals surface area contributed by atoms with Gasteiger partial charge in [-0.15, -0.1) is 0 Å². The molecule has 3 heterocycles. The van der Waals surface area contributed by atoms with Gasteiger partial charge in [0.1, 0.15) is 11.7 Å². The van der Waals surface area contributed by atoms with Gasteiger partial charge in [0.25, 0.3) is 0 Å². The van der Waals surface area contributed by atoms with Crippen LogP contribution < -0.4 is 0 Å². The second kappa shape index (κ2) is 12.7. The third-order valence-electron chi connectivity index (χ3n) is 10.4. The summed E-state index contributed by atoms with van der Waals surface area (Å²) in [5.74, 6) is 0. The summed E-state index contributed by atoms with van der Waals surface area (Å²) >= 11 is 0. The summed E-state index contributed by atoms with van der Waals surface area (Å²) in [6.07, 6.45) is 1.44. The van der Waals surface area contributed by atoms with Crippen molar-refractivity contribution in [1.82, 2.24) is 0 Å². The van der Waals surface area contributed by atoms with Gasteiger partial charge < -0.3 is 32.9 Å². The smallest absolute Gasteiger partial charge is 0.192 e. The average Bonchev–Trinajstić information content (AvgIpc) is 2.96. The average molecular weight is 625 g/mol. The third kappa shape index (κ3) is 7.07. The second-order valence-corrected chi connectivity index (χ2v) is 19.9. The molecule has 2 aromatic rings. The number of fused-ring (bicyclic) bond motifs is 2. The van der Waals surface area contributed by atoms with Crippen molar-refractivity contribution in [3.05, 3.63) is 71.8 Å². The Morgan fingerprint density at radius 3 is 2.07 bits per heavy atom. The van der Waals surface area contributed by atoms with Gasteiger partial charge in [-0.25, -0.2) is 0 Å². The van der Waals surface area contributed by atoms with Crippen LogP contribution in [0.25, 0.3) is 0 Å². The van der Waals surface area contributed by atoms with Gasteiger partial charge in [-0.3, -0.25) is 0 Å². The normalized spacial score (nSPS) is 35.9. The van der Waals surface area contributed by atoms with E-state index in [4.69, 9.17) is 28.1 Å².